The van der Waals surface area contributed by atoms with Crippen molar-refractivity contribution in [1.82, 2.24) is 15.2 Å². The summed E-state index contributed by atoms with van der Waals surface area (Å²) in [6, 6.07) is 14.4. The summed E-state index contributed by atoms with van der Waals surface area (Å²) in [5.74, 6) is 1.24. The van der Waals surface area contributed by atoms with Crippen molar-refractivity contribution < 1.29 is 0 Å². The first-order chi connectivity index (χ1) is 12.1. The second-order valence-corrected chi connectivity index (χ2v) is 6.64. The molecule has 0 saturated heterocycles. The van der Waals surface area contributed by atoms with Crippen LogP contribution in [0.5, 0.6) is 0 Å². The van der Waals surface area contributed by atoms with Gasteiger partial charge in [0.25, 0.3) is 5.95 Å². The normalized spacial score (nSPS) is 16.0. The number of para-hydroxylation sites is 1. The first kappa shape index (κ1) is 15.8. The van der Waals surface area contributed by atoms with Gasteiger partial charge in [0.05, 0.1) is 6.20 Å². The zero-order valence-electron chi connectivity index (χ0n) is 14.1. The van der Waals surface area contributed by atoms with E-state index < -0.39 is 0 Å². The Hall–Kier alpha value is -2.66. The Bertz CT molecular complexity index is 927. The van der Waals surface area contributed by atoms with E-state index >= 15 is 0 Å². The van der Waals surface area contributed by atoms with Crippen molar-refractivity contribution in [3.8, 4) is 0 Å². The molecule has 4 rings (SSSR count). The fourth-order valence-electron chi connectivity index (χ4n) is 3.21. The summed E-state index contributed by atoms with van der Waals surface area (Å²) in [5.41, 5.74) is 4.34. The zero-order valence-corrected chi connectivity index (χ0v) is 14.8. The number of halogens is 1. The van der Waals surface area contributed by atoms with Crippen LogP contribution in [-0.2, 0) is 6.42 Å². The number of aromatic nitrogens is 3. The summed E-state index contributed by atoms with van der Waals surface area (Å²) in [7, 11) is 0. The van der Waals surface area contributed by atoms with E-state index in [1.807, 2.05) is 31.2 Å². The van der Waals surface area contributed by atoms with Crippen molar-refractivity contribution in [2.75, 3.05) is 10.2 Å². The Kier molecular flexibility index (Phi) is 4.01. The van der Waals surface area contributed by atoms with Crippen molar-refractivity contribution >= 4 is 34.7 Å². The van der Waals surface area contributed by atoms with Gasteiger partial charge in [-0.05, 0) is 49.6 Å². The number of hydrogen-bond acceptors (Lipinski definition) is 5. The first-order valence-corrected chi connectivity index (χ1v) is 8.60. The Morgan fingerprint density at radius 1 is 1.16 bits per heavy atom. The molecule has 126 valence electrons. The third-order valence-corrected chi connectivity index (χ3v) is 4.91. The van der Waals surface area contributed by atoms with Crippen LogP contribution in [-0.4, -0.2) is 21.2 Å². The highest BCUT2D eigenvalue weighted by atomic mass is 35.5. The third kappa shape index (κ3) is 2.91. The SMILES string of the molecule is Cc1c(Cl)cccc1Nc1cnnc(N2c3ccccc3CC2C)n1. The maximum absolute atomic E-state index is 6.19. The van der Waals surface area contributed by atoms with E-state index in [2.05, 4.69) is 50.5 Å². The van der Waals surface area contributed by atoms with E-state index in [0.29, 0.717) is 22.8 Å². The fraction of sp³-hybridized carbons (Fsp3) is 0.211. The average molecular weight is 352 g/mol. The van der Waals surface area contributed by atoms with Gasteiger partial charge in [-0.1, -0.05) is 35.9 Å². The topological polar surface area (TPSA) is 53.9 Å². The van der Waals surface area contributed by atoms with Crippen LogP contribution in [0.25, 0.3) is 0 Å². The van der Waals surface area contributed by atoms with Crippen molar-refractivity contribution in [2.45, 2.75) is 26.3 Å². The molecule has 3 aromatic rings. The minimum atomic E-state index is 0.294. The van der Waals surface area contributed by atoms with Crippen LogP contribution in [0.1, 0.15) is 18.1 Å². The lowest BCUT2D eigenvalue weighted by molar-refractivity contribution is 0.730. The van der Waals surface area contributed by atoms with Gasteiger partial charge in [0.2, 0.25) is 0 Å². The Balaban J connectivity index is 1.67. The molecule has 1 N–H and O–H groups in total. The van der Waals surface area contributed by atoms with Gasteiger partial charge in [-0.25, -0.2) is 0 Å². The average Bonchev–Trinajstić information content (AvgIpc) is 2.95. The predicted octanol–water partition coefficient (Wildman–Crippen LogP) is 4.66. The van der Waals surface area contributed by atoms with Crippen LogP contribution in [0.2, 0.25) is 5.02 Å². The number of benzene rings is 2. The van der Waals surface area contributed by atoms with E-state index in [9.17, 15) is 0 Å². The minimum absolute atomic E-state index is 0.294. The van der Waals surface area contributed by atoms with Crippen molar-refractivity contribution in [3.05, 3.63) is 64.8 Å². The lowest BCUT2D eigenvalue weighted by atomic mass is 10.1. The quantitative estimate of drug-likeness (QED) is 0.743. The van der Waals surface area contributed by atoms with Gasteiger partial charge in [0, 0.05) is 22.4 Å². The molecule has 6 heteroatoms. The second kappa shape index (κ2) is 6.33. The van der Waals surface area contributed by atoms with Gasteiger partial charge in [0.1, 0.15) is 0 Å². The molecule has 0 aliphatic carbocycles. The number of fused-ring (bicyclic) bond motifs is 1. The molecule has 2 aromatic carbocycles. The Labute approximate surface area is 151 Å². The number of hydrogen-bond donors (Lipinski definition) is 1. The maximum atomic E-state index is 6.19. The summed E-state index contributed by atoms with van der Waals surface area (Å²) in [6.45, 7) is 4.14. The smallest absolute Gasteiger partial charge is 0.252 e. The van der Waals surface area contributed by atoms with Crippen LogP contribution >= 0.6 is 11.6 Å². The summed E-state index contributed by atoms with van der Waals surface area (Å²) in [4.78, 5) is 6.81. The molecule has 25 heavy (non-hydrogen) atoms. The molecule has 1 aliphatic heterocycles. The van der Waals surface area contributed by atoms with Gasteiger partial charge in [-0.2, -0.15) is 10.1 Å². The molecule has 0 amide bonds. The van der Waals surface area contributed by atoms with Crippen molar-refractivity contribution in [2.24, 2.45) is 0 Å². The number of nitrogens with one attached hydrogen (secondary N) is 1. The van der Waals surface area contributed by atoms with Crippen LogP contribution in [0.3, 0.4) is 0 Å². The highest BCUT2D eigenvalue weighted by Gasteiger charge is 2.29. The van der Waals surface area contributed by atoms with Gasteiger partial charge >= 0.3 is 0 Å². The summed E-state index contributed by atoms with van der Waals surface area (Å²) >= 11 is 6.19. The minimum Gasteiger partial charge on any atom is -0.339 e. The van der Waals surface area contributed by atoms with E-state index in [1.165, 1.54) is 5.56 Å². The lowest BCUT2D eigenvalue weighted by Crippen LogP contribution is -2.26. The van der Waals surface area contributed by atoms with Gasteiger partial charge in [-0.3, -0.25) is 0 Å². The van der Waals surface area contributed by atoms with Gasteiger partial charge in [-0.15, -0.1) is 5.10 Å². The van der Waals surface area contributed by atoms with E-state index in [-0.39, 0.29) is 0 Å². The maximum Gasteiger partial charge on any atom is 0.252 e. The lowest BCUT2D eigenvalue weighted by Gasteiger charge is -2.22. The fourth-order valence-corrected chi connectivity index (χ4v) is 3.38. The Morgan fingerprint density at radius 2 is 2.00 bits per heavy atom. The van der Waals surface area contributed by atoms with Crippen LogP contribution in [0, 0.1) is 6.92 Å². The van der Waals surface area contributed by atoms with E-state index in [1.54, 1.807) is 6.20 Å². The predicted molar refractivity (Wildman–Crippen MR) is 101 cm³/mol. The van der Waals surface area contributed by atoms with Crippen LogP contribution in [0.15, 0.2) is 48.7 Å². The standard InChI is InChI=1S/C19H18ClN5/c1-12-10-14-6-3-4-9-17(14)25(12)19-23-18(11-21-24-19)22-16-8-5-7-15(20)13(16)2/h3-9,11-12H,10H2,1-2H3,(H,22,23,24). The molecule has 0 radical (unpaired) electrons. The summed E-state index contributed by atoms with van der Waals surface area (Å²) in [5, 5.41) is 12.4. The Morgan fingerprint density at radius 3 is 2.88 bits per heavy atom. The molecule has 0 fully saturated rings. The summed E-state index contributed by atoms with van der Waals surface area (Å²) in [6.07, 6.45) is 2.60. The van der Waals surface area contributed by atoms with Crippen molar-refractivity contribution in [1.29, 1.82) is 0 Å². The molecule has 2 heterocycles. The van der Waals surface area contributed by atoms with Gasteiger partial charge < -0.3 is 10.2 Å². The number of rotatable bonds is 3. The largest absolute Gasteiger partial charge is 0.339 e. The monoisotopic (exact) mass is 351 g/mol. The molecular formula is C19H18ClN5. The summed E-state index contributed by atoms with van der Waals surface area (Å²) < 4.78 is 0. The third-order valence-electron chi connectivity index (χ3n) is 4.50. The van der Waals surface area contributed by atoms with E-state index in [4.69, 9.17) is 11.6 Å². The highest BCUT2D eigenvalue weighted by molar-refractivity contribution is 6.31. The first-order valence-electron chi connectivity index (χ1n) is 8.22. The molecule has 1 aliphatic rings. The molecule has 0 saturated carbocycles. The molecular weight excluding hydrogens is 334 g/mol. The number of nitrogens with zero attached hydrogens (tertiary/aromatic N) is 4. The molecule has 1 atom stereocenters. The number of anilines is 4. The highest BCUT2D eigenvalue weighted by Crippen LogP contribution is 2.36. The van der Waals surface area contributed by atoms with E-state index in [0.717, 1.165) is 23.4 Å². The van der Waals surface area contributed by atoms with Crippen LogP contribution < -0.4 is 10.2 Å². The molecule has 1 unspecified atom stereocenters. The van der Waals surface area contributed by atoms with Crippen molar-refractivity contribution in [3.63, 3.8) is 0 Å². The molecule has 0 spiro atoms. The van der Waals surface area contributed by atoms with Gasteiger partial charge in [0.15, 0.2) is 5.82 Å². The molecule has 5 nitrogen and oxygen atoms in total. The zero-order chi connectivity index (χ0) is 17.4. The second-order valence-electron chi connectivity index (χ2n) is 6.23. The van der Waals surface area contributed by atoms with Crippen LogP contribution in [0.4, 0.5) is 23.1 Å². The molecule has 0 bridgehead atoms. The molecule has 1 aromatic heterocycles.